The summed E-state index contributed by atoms with van der Waals surface area (Å²) in [7, 11) is 1.86. The van der Waals surface area contributed by atoms with E-state index in [1.54, 1.807) is 6.07 Å². The maximum atomic E-state index is 12.1. The fourth-order valence-electron chi connectivity index (χ4n) is 1.78. The van der Waals surface area contributed by atoms with Gasteiger partial charge in [-0.1, -0.05) is 0 Å². The van der Waals surface area contributed by atoms with Crippen LogP contribution in [-0.2, 0) is 6.54 Å². The molecule has 1 aromatic rings. The van der Waals surface area contributed by atoms with Crippen LogP contribution in [0.15, 0.2) is 12.3 Å². The molecule has 1 saturated carbocycles. The highest BCUT2D eigenvalue weighted by molar-refractivity contribution is 5.94. The van der Waals surface area contributed by atoms with Crippen molar-refractivity contribution in [1.29, 1.82) is 0 Å². The molecule has 1 fully saturated rings. The van der Waals surface area contributed by atoms with Crippen LogP contribution in [0.4, 0.5) is 5.69 Å². The Kier molecular flexibility index (Phi) is 2.42. The first kappa shape index (κ1) is 10.1. The predicted octanol–water partition coefficient (Wildman–Crippen LogP) is 1.32. The van der Waals surface area contributed by atoms with Crippen LogP contribution in [0.3, 0.4) is 0 Å². The second-order valence-electron chi connectivity index (χ2n) is 4.09. The van der Waals surface area contributed by atoms with Crippen LogP contribution in [0.1, 0.15) is 30.3 Å². The maximum absolute atomic E-state index is 12.1. The van der Waals surface area contributed by atoms with Gasteiger partial charge in [-0.15, -0.1) is 0 Å². The summed E-state index contributed by atoms with van der Waals surface area (Å²) in [5, 5.41) is 0. The number of hydrogen-bond donors (Lipinski definition) is 1. The molecule has 4 nitrogen and oxygen atoms in total. The summed E-state index contributed by atoms with van der Waals surface area (Å²) in [5.74, 6) is 0.0797. The number of nitrogens with two attached hydrogens (primary N) is 1. The zero-order valence-corrected chi connectivity index (χ0v) is 9.23. The topological polar surface area (TPSA) is 51.3 Å². The monoisotopic (exact) mass is 207 g/mol. The van der Waals surface area contributed by atoms with Gasteiger partial charge in [-0.05, 0) is 25.8 Å². The summed E-state index contributed by atoms with van der Waals surface area (Å²) < 4.78 is 1.90. The number of carbonyl (C=O) groups excluding carboxylic acids is 1. The number of hydrogen-bond acceptors (Lipinski definition) is 2. The standard InChI is InChI=1S/C11H17N3O/c1-3-14-7-8(12)6-10(14)11(15)13(2)9-4-5-9/h6-7,9H,3-5,12H2,1-2H3. The van der Waals surface area contributed by atoms with Crippen LogP contribution in [0, 0.1) is 0 Å². The largest absolute Gasteiger partial charge is 0.397 e. The lowest BCUT2D eigenvalue weighted by atomic mass is 10.3. The lowest BCUT2D eigenvalue weighted by Crippen LogP contribution is -2.30. The van der Waals surface area contributed by atoms with Gasteiger partial charge in [0.1, 0.15) is 5.69 Å². The molecule has 0 aliphatic heterocycles. The van der Waals surface area contributed by atoms with Gasteiger partial charge in [0.2, 0.25) is 0 Å². The van der Waals surface area contributed by atoms with E-state index in [2.05, 4.69) is 0 Å². The summed E-state index contributed by atoms with van der Waals surface area (Å²) in [6.45, 7) is 2.78. The second kappa shape index (κ2) is 3.61. The molecule has 0 atom stereocenters. The van der Waals surface area contributed by atoms with Crippen molar-refractivity contribution in [2.24, 2.45) is 0 Å². The van der Waals surface area contributed by atoms with E-state index in [-0.39, 0.29) is 5.91 Å². The van der Waals surface area contributed by atoms with Crippen molar-refractivity contribution < 1.29 is 4.79 Å². The molecule has 0 saturated heterocycles. The molecule has 2 N–H and O–H groups in total. The van der Waals surface area contributed by atoms with Crippen molar-refractivity contribution in [2.45, 2.75) is 32.4 Å². The van der Waals surface area contributed by atoms with Crippen molar-refractivity contribution in [3.63, 3.8) is 0 Å². The highest BCUT2D eigenvalue weighted by Gasteiger charge is 2.31. The molecule has 1 amide bonds. The van der Waals surface area contributed by atoms with Gasteiger partial charge < -0.3 is 15.2 Å². The number of anilines is 1. The molecule has 0 radical (unpaired) electrons. The van der Waals surface area contributed by atoms with Gasteiger partial charge in [0, 0.05) is 25.8 Å². The molecule has 15 heavy (non-hydrogen) atoms. The highest BCUT2D eigenvalue weighted by Crippen LogP contribution is 2.27. The quantitative estimate of drug-likeness (QED) is 0.812. The minimum Gasteiger partial charge on any atom is -0.397 e. The second-order valence-corrected chi connectivity index (χ2v) is 4.09. The fraction of sp³-hybridized carbons (Fsp3) is 0.545. The normalized spacial score (nSPS) is 15.3. The van der Waals surface area contributed by atoms with Crippen LogP contribution in [0.25, 0.3) is 0 Å². The van der Waals surface area contributed by atoms with E-state index in [1.807, 2.05) is 29.6 Å². The van der Waals surface area contributed by atoms with Gasteiger partial charge >= 0.3 is 0 Å². The van der Waals surface area contributed by atoms with Gasteiger partial charge in [-0.2, -0.15) is 0 Å². The molecular weight excluding hydrogens is 190 g/mol. The van der Waals surface area contributed by atoms with Crippen LogP contribution in [-0.4, -0.2) is 28.5 Å². The Hall–Kier alpha value is -1.45. The third kappa shape index (κ3) is 1.84. The summed E-state index contributed by atoms with van der Waals surface area (Å²) in [5.41, 5.74) is 7.05. The number of amides is 1. The number of carbonyl (C=O) groups is 1. The zero-order chi connectivity index (χ0) is 11.0. The number of rotatable bonds is 3. The lowest BCUT2D eigenvalue weighted by Gasteiger charge is -2.16. The molecule has 1 aliphatic rings. The molecule has 2 rings (SSSR count). The summed E-state index contributed by atoms with van der Waals surface area (Å²) in [6.07, 6.45) is 4.07. The molecule has 0 aromatic carbocycles. The molecule has 1 aromatic heterocycles. The third-order valence-corrected chi connectivity index (χ3v) is 2.89. The molecule has 0 spiro atoms. The average molecular weight is 207 g/mol. The number of aromatic nitrogens is 1. The fourth-order valence-corrected chi connectivity index (χ4v) is 1.78. The minimum atomic E-state index is 0.0797. The molecule has 0 bridgehead atoms. The SMILES string of the molecule is CCn1cc(N)cc1C(=O)N(C)C1CC1. The van der Waals surface area contributed by atoms with Crippen molar-refractivity contribution >= 4 is 11.6 Å². The molecule has 1 aliphatic carbocycles. The molecule has 1 heterocycles. The van der Waals surface area contributed by atoms with Gasteiger partial charge in [0.15, 0.2) is 0 Å². The van der Waals surface area contributed by atoms with E-state index in [4.69, 9.17) is 5.73 Å². The van der Waals surface area contributed by atoms with Crippen molar-refractivity contribution in [2.75, 3.05) is 12.8 Å². The van der Waals surface area contributed by atoms with E-state index < -0.39 is 0 Å². The first-order chi connectivity index (χ1) is 7.13. The summed E-state index contributed by atoms with van der Waals surface area (Å²) in [4.78, 5) is 13.9. The van der Waals surface area contributed by atoms with E-state index in [9.17, 15) is 4.79 Å². The molecule has 0 unspecified atom stereocenters. The van der Waals surface area contributed by atoms with Crippen molar-refractivity contribution in [3.8, 4) is 0 Å². The Morgan fingerprint density at radius 1 is 1.67 bits per heavy atom. The molecule has 82 valence electrons. The highest BCUT2D eigenvalue weighted by atomic mass is 16.2. The van der Waals surface area contributed by atoms with Crippen LogP contribution < -0.4 is 5.73 Å². The lowest BCUT2D eigenvalue weighted by molar-refractivity contribution is 0.0774. The Balaban J connectivity index is 2.23. The Bertz CT molecular complexity index is 379. The number of nitrogens with zero attached hydrogens (tertiary/aromatic N) is 2. The van der Waals surface area contributed by atoms with Crippen molar-refractivity contribution in [3.05, 3.63) is 18.0 Å². The predicted molar refractivity (Wildman–Crippen MR) is 59.6 cm³/mol. The first-order valence-electron chi connectivity index (χ1n) is 5.36. The third-order valence-electron chi connectivity index (χ3n) is 2.89. The van der Waals surface area contributed by atoms with Gasteiger partial charge in [-0.25, -0.2) is 0 Å². The number of nitrogen functional groups attached to an aromatic ring is 1. The van der Waals surface area contributed by atoms with E-state index in [1.165, 1.54) is 0 Å². The van der Waals surface area contributed by atoms with E-state index >= 15 is 0 Å². The maximum Gasteiger partial charge on any atom is 0.270 e. The van der Waals surface area contributed by atoms with E-state index in [0.717, 1.165) is 19.4 Å². The first-order valence-corrected chi connectivity index (χ1v) is 5.36. The number of aryl methyl sites for hydroxylation is 1. The summed E-state index contributed by atoms with van der Waals surface area (Å²) in [6, 6.07) is 2.20. The molecule has 4 heteroatoms. The van der Waals surface area contributed by atoms with Gasteiger partial charge in [0.05, 0.1) is 5.69 Å². The van der Waals surface area contributed by atoms with Crippen LogP contribution in [0.2, 0.25) is 0 Å². The average Bonchev–Trinajstić information content (AvgIpc) is 2.99. The Labute approximate surface area is 89.7 Å². The van der Waals surface area contributed by atoms with E-state index in [0.29, 0.717) is 17.4 Å². The zero-order valence-electron chi connectivity index (χ0n) is 9.23. The molecular formula is C11H17N3O. The smallest absolute Gasteiger partial charge is 0.270 e. The van der Waals surface area contributed by atoms with Crippen LogP contribution in [0.5, 0.6) is 0 Å². The van der Waals surface area contributed by atoms with Crippen LogP contribution >= 0.6 is 0 Å². The Morgan fingerprint density at radius 3 is 2.87 bits per heavy atom. The Morgan fingerprint density at radius 2 is 2.33 bits per heavy atom. The van der Waals surface area contributed by atoms with Gasteiger partial charge in [0.25, 0.3) is 5.91 Å². The summed E-state index contributed by atoms with van der Waals surface area (Å²) >= 11 is 0. The van der Waals surface area contributed by atoms with Gasteiger partial charge in [-0.3, -0.25) is 4.79 Å². The van der Waals surface area contributed by atoms with Crippen molar-refractivity contribution in [1.82, 2.24) is 9.47 Å². The minimum absolute atomic E-state index is 0.0797.